The Balaban J connectivity index is 2.34. The zero-order valence-corrected chi connectivity index (χ0v) is 10.9. The Kier molecular flexibility index (Phi) is 3.92. The average Bonchev–Trinajstić information content (AvgIpc) is 2.85. The summed E-state index contributed by atoms with van der Waals surface area (Å²) in [5.74, 6) is 0. The molecule has 1 heterocycles. The lowest BCUT2D eigenvalue weighted by Crippen LogP contribution is -2.20. The van der Waals surface area contributed by atoms with Crippen LogP contribution in [0.25, 0.3) is 0 Å². The van der Waals surface area contributed by atoms with Gasteiger partial charge in [-0.15, -0.1) is 0 Å². The summed E-state index contributed by atoms with van der Waals surface area (Å²) in [5, 5.41) is 9.78. The molecular formula is C13H19ClN2O. The van der Waals surface area contributed by atoms with Crippen molar-refractivity contribution in [2.24, 2.45) is 5.73 Å². The van der Waals surface area contributed by atoms with E-state index >= 15 is 0 Å². The van der Waals surface area contributed by atoms with Crippen LogP contribution >= 0.6 is 11.6 Å². The third-order valence-corrected chi connectivity index (χ3v) is 3.93. The van der Waals surface area contributed by atoms with Gasteiger partial charge < -0.3 is 15.7 Å². The molecule has 0 saturated carbocycles. The fraction of sp³-hybridized carbons (Fsp3) is 0.538. The van der Waals surface area contributed by atoms with E-state index in [1.807, 2.05) is 13.0 Å². The number of nitrogens with zero attached hydrogens (tertiary/aromatic N) is 1. The van der Waals surface area contributed by atoms with Gasteiger partial charge in [-0.05, 0) is 37.0 Å². The van der Waals surface area contributed by atoms with E-state index in [2.05, 4.69) is 11.0 Å². The van der Waals surface area contributed by atoms with E-state index in [9.17, 15) is 0 Å². The fourth-order valence-electron chi connectivity index (χ4n) is 2.38. The van der Waals surface area contributed by atoms with Gasteiger partial charge in [0.05, 0.1) is 17.7 Å². The van der Waals surface area contributed by atoms with Gasteiger partial charge in [-0.25, -0.2) is 0 Å². The molecule has 0 unspecified atom stereocenters. The summed E-state index contributed by atoms with van der Waals surface area (Å²) < 4.78 is 0. The van der Waals surface area contributed by atoms with Crippen molar-refractivity contribution in [3.63, 3.8) is 0 Å². The molecule has 0 amide bonds. The predicted molar refractivity (Wildman–Crippen MR) is 71.7 cm³/mol. The van der Waals surface area contributed by atoms with Crippen molar-refractivity contribution in [1.29, 1.82) is 0 Å². The molecule has 2 rings (SSSR count). The molecule has 17 heavy (non-hydrogen) atoms. The maximum atomic E-state index is 9.09. The second kappa shape index (κ2) is 5.25. The maximum absolute atomic E-state index is 9.09. The molecule has 1 aromatic rings. The van der Waals surface area contributed by atoms with E-state index in [0.29, 0.717) is 5.02 Å². The summed E-state index contributed by atoms with van der Waals surface area (Å²) in [6.07, 6.45) is 2.49. The Morgan fingerprint density at radius 3 is 2.65 bits per heavy atom. The molecule has 1 saturated heterocycles. The Morgan fingerprint density at radius 2 is 2.06 bits per heavy atom. The average molecular weight is 255 g/mol. The number of rotatable bonds is 3. The van der Waals surface area contributed by atoms with Crippen LogP contribution < -0.4 is 10.6 Å². The largest absolute Gasteiger partial charge is 0.394 e. The predicted octanol–water partition coefficient (Wildman–Crippen LogP) is 2.24. The topological polar surface area (TPSA) is 49.5 Å². The highest BCUT2D eigenvalue weighted by molar-refractivity contribution is 6.32. The lowest BCUT2D eigenvalue weighted by molar-refractivity contribution is 0.268. The summed E-state index contributed by atoms with van der Waals surface area (Å²) >= 11 is 6.33. The number of anilines is 1. The Hall–Kier alpha value is -0.770. The third-order valence-electron chi connectivity index (χ3n) is 3.43. The minimum absolute atomic E-state index is 0.0811. The molecule has 1 aliphatic heterocycles. The Labute approximate surface area is 107 Å². The van der Waals surface area contributed by atoms with Crippen LogP contribution in [0.4, 0.5) is 5.69 Å². The van der Waals surface area contributed by atoms with Crippen molar-refractivity contribution in [3.8, 4) is 0 Å². The van der Waals surface area contributed by atoms with Crippen LogP contribution in [0, 0.1) is 6.92 Å². The van der Waals surface area contributed by atoms with E-state index in [0.717, 1.165) is 24.2 Å². The van der Waals surface area contributed by atoms with Crippen LogP contribution in [0.5, 0.6) is 0 Å². The molecule has 0 bridgehead atoms. The van der Waals surface area contributed by atoms with Crippen molar-refractivity contribution >= 4 is 17.3 Å². The van der Waals surface area contributed by atoms with E-state index < -0.39 is 6.04 Å². The second-order valence-electron chi connectivity index (χ2n) is 4.60. The van der Waals surface area contributed by atoms with Gasteiger partial charge in [0.1, 0.15) is 0 Å². The van der Waals surface area contributed by atoms with E-state index in [1.54, 1.807) is 0 Å². The lowest BCUT2D eigenvalue weighted by atomic mass is 10.0. The smallest absolute Gasteiger partial charge is 0.0624 e. The first-order valence-corrected chi connectivity index (χ1v) is 6.43. The Bertz CT molecular complexity index is 403. The van der Waals surface area contributed by atoms with Gasteiger partial charge in [-0.3, -0.25) is 0 Å². The van der Waals surface area contributed by atoms with Crippen LogP contribution in [-0.4, -0.2) is 24.8 Å². The minimum Gasteiger partial charge on any atom is -0.394 e. The first-order valence-electron chi connectivity index (χ1n) is 6.05. The first kappa shape index (κ1) is 12.7. The SMILES string of the molecule is Cc1c(N2CCCC2)ccc([C@@H](N)CO)c1Cl. The summed E-state index contributed by atoms with van der Waals surface area (Å²) in [5.41, 5.74) is 8.91. The molecule has 3 N–H and O–H groups in total. The lowest BCUT2D eigenvalue weighted by Gasteiger charge is -2.23. The maximum Gasteiger partial charge on any atom is 0.0624 e. The fourth-order valence-corrected chi connectivity index (χ4v) is 2.68. The van der Waals surface area contributed by atoms with Crippen LogP contribution in [0.15, 0.2) is 12.1 Å². The molecule has 94 valence electrons. The number of aliphatic hydroxyl groups is 1. The molecule has 4 heteroatoms. The number of aliphatic hydroxyl groups excluding tert-OH is 1. The summed E-state index contributed by atoms with van der Waals surface area (Å²) in [4.78, 5) is 2.36. The van der Waals surface area contributed by atoms with E-state index in [-0.39, 0.29) is 6.61 Å². The van der Waals surface area contributed by atoms with Gasteiger partial charge in [0.25, 0.3) is 0 Å². The zero-order chi connectivity index (χ0) is 12.4. The number of nitrogens with two attached hydrogens (primary N) is 1. The number of benzene rings is 1. The quantitative estimate of drug-likeness (QED) is 0.870. The van der Waals surface area contributed by atoms with Crippen molar-refractivity contribution in [2.45, 2.75) is 25.8 Å². The highest BCUT2D eigenvalue weighted by Gasteiger charge is 2.18. The van der Waals surface area contributed by atoms with Crippen molar-refractivity contribution in [3.05, 3.63) is 28.3 Å². The summed E-state index contributed by atoms with van der Waals surface area (Å²) in [6.45, 7) is 4.14. The standard InChI is InChI=1S/C13H19ClN2O/c1-9-12(16-6-2-3-7-16)5-4-10(13(9)14)11(15)8-17/h4-5,11,17H,2-3,6-8,15H2,1H3/t11-/m0/s1. The number of halogens is 1. The van der Waals surface area contributed by atoms with Gasteiger partial charge in [-0.1, -0.05) is 17.7 Å². The molecule has 0 aliphatic carbocycles. The molecule has 1 aromatic carbocycles. The van der Waals surface area contributed by atoms with Crippen LogP contribution in [-0.2, 0) is 0 Å². The van der Waals surface area contributed by atoms with Gasteiger partial charge >= 0.3 is 0 Å². The molecule has 0 aromatic heterocycles. The summed E-state index contributed by atoms with van der Waals surface area (Å²) in [7, 11) is 0. The molecule has 1 atom stereocenters. The second-order valence-corrected chi connectivity index (χ2v) is 4.97. The molecule has 1 aliphatic rings. The van der Waals surface area contributed by atoms with Gasteiger partial charge in [0.15, 0.2) is 0 Å². The van der Waals surface area contributed by atoms with Crippen molar-refractivity contribution < 1.29 is 5.11 Å². The van der Waals surface area contributed by atoms with Crippen molar-refractivity contribution in [1.82, 2.24) is 0 Å². The van der Waals surface area contributed by atoms with Gasteiger partial charge in [0, 0.05) is 18.8 Å². The van der Waals surface area contributed by atoms with E-state index in [1.165, 1.54) is 18.5 Å². The molecular weight excluding hydrogens is 236 g/mol. The zero-order valence-electron chi connectivity index (χ0n) is 10.1. The molecule has 1 fully saturated rings. The molecule has 0 radical (unpaired) electrons. The summed E-state index contributed by atoms with van der Waals surface area (Å²) in [6, 6.07) is 3.61. The van der Waals surface area contributed by atoms with Crippen LogP contribution in [0.3, 0.4) is 0 Å². The molecule has 0 spiro atoms. The highest BCUT2D eigenvalue weighted by Crippen LogP contribution is 2.33. The van der Waals surface area contributed by atoms with Crippen molar-refractivity contribution in [2.75, 3.05) is 24.6 Å². The Morgan fingerprint density at radius 1 is 1.41 bits per heavy atom. The van der Waals surface area contributed by atoms with Gasteiger partial charge in [-0.2, -0.15) is 0 Å². The number of hydrogen-bond donors (Lipinski definition) is 2. The van der Waals surface area contributed by atoms with Gasteiger partial charge in [0.2, 0.25) is 0 Å². The van der Waals surface area contributed by atoms with Crippen LogP contribution in [0.1, 0.15) is 30.0 Å². The highest BCUT2D eigenvalue weighted by atomic mass is 35.5. The first-order chi connectivity index (χ1) is 8.15. The minimum atomic E-state index is -0.395. The van der Waals surface area contributed by atoms with Crippen LogP contribution in [0.2, 0.25) is 5.02 Å². The monoisotopic (exact) mass is 254 g/mol. The normalized spacial score (nSPS) is 17.5. The third kappa shape index (κ3) is 2.41. The molecule has 3 nitrogen and oxygen atoms in total. The van der Waals surface area contributed by atoms with E-state index in [4.69, 9.17) is 22.4 Å². The number of hydrogen-bond acceptors (Lipinski definition) is 3.